The van der Waals surface area contributed by atoms with E-state index in [1.807, 2.05) is 17.0 Å². The Hall–Kier alpha value is -2.08. The highest BCUT2D eigenvalue weighted by Crippen LogP contribution is 2.27. The summed E-state index contributed by atoms with van der Waals surface area (Å²) in [5.74, 6) is -0.391. The van der Waals surface area contributed by atoms with E-state index >= 15 is 0 Å². The van der Waals surface area contributed by atoms with Gasteiger partial charge in [-0.1, -0.05) is 12.1 Å². The highest BCUT2D eigenvalue weighted by Gasteiger charge is 2.30. The lowest BCUT2D eigenvalue weighted by molar-refractivity contribution is -0.138. The molecule has 1 aliphatic carbocycles. The molecule has 1 aromatic rings. The number of carboxylic acids is 1. The minimum Gasteiger partial charge on any atom is -0.495 e. The summed E-state index contributed by atoms with van der Waals surface area (Å²) in [5.41, 5.74) is 0.626. The fourth-order valence-electron chi connectivity index (χ4n) is 2.21. The van der Waals surface area contributed by atoms with Crippen LogP contribution in [0.5, 0.6) is 5.75 Å². The molecule has 0 bridgehead atoms. The van der Waals surface area contributed by atoms with Crippen LogP contribution in [-0.2, 0) is 9.59 Å². The predicted molar refractivity (Wildman–Crippen MR) is 78.5 cm³/mol. The average molecular weight is 292 g/mol. The Morgan fingerprint density at radius 1 is 1.38 bits per heavy atom. The molecule has 1 aliphatic rings. The number of aliphatic carboxylic acids is 1. The second-order valence-corrected chi connectivity index (χ2v) is 5.09. The van der Waals surface area contributed by atoms with Gasteiger partial charge in [0.05, 0.1) is 19.3 Å². The molecule has 21 heavy (non-hydrogen) atoms. The van der Waals surface area contributed by atoms with Gasteiger partial charge < -0.3 is 15.2 Å². The number of para-hydroxylation sites is 2. The van der Waals surface area contributed by atoms with Gasteiger partial charge in [-0.2, -0.15) is 0 Å². The summed E-state index contributed by atoms with van der Waals surface area (Å²) in [5, 5.41) is 11.7. The van der Waals surface area contributed by atoms with Gasteiger partial charge in [0.15, 0.2) is 0 Å². The van der Waals surface area contributed by atoms with Crippen molar-refractivity contribution in [2.75, 3.05) is 25.5 Å². The maximum atomic E-state index is 12.0. The number of ether oxygens (including phenoxy) is 1. The van der Waals surface area contributed by atoms with Crippen molar-refractivity contribution in [1.29, 1.82) is 0 Å². The summed E-state index contributed by atoms with van der Waals surface area (Å²) in [6.45, 7) is 0.449. The molecule has 0 atom stereocenters. The number of carbonyl (C=O) groups excluding carboxylic acids is 1. The van der Waals surface area contributed by atoms with Crippen molar-refractivity contribution in [1.82, 2.24) is 4.90 Å². The summed E-state index contributed by atoms with van der Waals surface area (Å²) in [7, 11) is 1.55. The molecule has 0 spiro atoms. The summed E-state index contributed by atoms with van der Waals surface area (Å²) in [4.78, 5) is 24.6. The zero-order valence-corrected chi connectivity index (χ0v) is 12.0. The van der Waals surface area contributed by atoms with E-state index in [9.17, 15) is 9.59 Å². The molecule has 6 nitrogen and oxygen atoms in total. The zero-order chi connectivity index (χ0) is 15.2. The van der Waals surface area contributed by atoms with Crippen molar-refractivity contribution in [3.8, 4) is 5.75 Å². The first-order valence-corrected chi connectivity index (χ1v) is 6.99. The molecule has 2 rings (SSSR count). The number of rotatable bonds is 8. The van der Waals surface area contributed by atoms with E-state index in [0.29, 0.717) is 24.0 Å². The van der Waals surface area contributed by atoms with Gasteiger partial charge in [-0.3, -0.25) is 14.5 Å². The smallest absolute Gasteiger partial charge is 0.317 e. The molecule has 1 saturated carbocycles. The minimum absolute atomic E-state index is 0.00734. The van der Waals surface area contributed by atoms with Crippen molar-refractivity contribution in [2.45, 2.75) is 25.3 Å². The number of carboxylic acid groups (broad SMARTS) is 1. The van der Waals surface area contributed by atoms with Crippen molar-refractivity contribution in [2.24, 2.45) is 0 Å². The molecule has 1 aromatic carbocycles. The predicted octanol–water partition coefficient (Wildman–Crippen LogP) is 1.57. The van der Waals surface area contributed by atoms with Crippen LogP contribution in [-0.4, -0.2) is 48.1 Å². The number of anilines is 1. The molecule has 6 heteroatoms. The van der Waals surface area contributed by atoms with E-state index in [1.54, 1.807) is 19.2 Å². The minimum atomic E-state index is -0.855. The van der Waals surface area contributed by atoms with E-state index in [2.05, 4.69) is 5.32 Å². The molecule has 0 aromatic heterocycles. The largest absolute Gasteiger partial charge is 0.495 e. The normalized spacial score (nSPS) is 14.0. The number of carbonyl (C=O) groups is 2. The van der Waals surface area contributed by atoms with Gasteiger partial charge in [-0.05, 0) is 25.0 Å². The van der Waals surface area contributed by atoms with E-state index < -0.39 is 5.97 Å². The van der Waals surface area contributed by atoms with Gasteiger partial charge in [0, 0.05) is 19.0 Å². The van der Waals surface area contributed by atoms with Crippen molar-refractivity contribution in [3.05, 3.63) is 24.3 Å². The molecule has 0 aliphatic heterocycles. The Morgan fingerprint density at radius 2 is 2.10 bits per heavy atom. The number of nitrogens with zero attached hydrogens (tertiary/aromatic N) is 1. The Morgan fingerprint density at radius 3 is 2.71 bits per heavy atom. The average Bonchev–Trinajstić information content (AvgIpc) is 3.28. The first-order valence-electron chi connectivity index (χ1n) is 6.99. The van der Waals surface area contributed by atoms with Crippen LogP contribution in [0.2, 0.25) is 0 Å². The first kappa shape index (κ1) is 15.3. The van der Waals surface area contributed by atoms with Crippen LogP contribution >= 0.6 is 0 Å². The monoisotopic (exact) mass is 292 g/mol. The number of hydrogen-bond acceptors (Lipinski definition) is 4. The summed E-state index contributed by atoms with van der Waals surface area (Å²) < 4.78 is 5.17. The van der Waals surface area contributed by atoms with Crippen molar-refractivity contribution >= 4 is 17.6 Å². The van der Waals surface area contributed by atoms with Gasteiger partial charge in [-0.15, -0.1) is 0 Å². The van der Waals surface area contributed by atoms with Crippen LogP contribution in [0.15, 0.2) is 24.3 Å². The fraction of sp³-hybridized carbons (Fsp3) is 0.467. The molecule has 1 fully saturated rings. The number of amides is 1. The van der Waals surface area contributed by atoms with Crippen LogP contribution in [0.4, 0.5) is 5.69 Å². The van der Waals surface area contributed by atoms with Gasteiger partial charge in [-0.25, -0.2) is 0 Å². The van der Waals surface area contributed by atoms with E-state index in [0.717, 1.165) is 12.8 Å². The number of hydrogen-bond donors (Lipinski definition) is 2. The van der Waals surface area contributed by atoms with Crippen LogP contribution in [0.3, 0.4) is 0 Å². The van der Waals surface area contributed by atoms with Crippen LogP contribution < -0.4 is 10.1 Å². The fourth-order valence-corrected chi connectivity index (χ4v) is 2.21. The Labute approximate surface area is 123 Å². The van der Waals surface area contributed by atoms with Crippen molar-refractivity contribution in [3.63, 3.8) is 0 Å². The molecular formula is C15H20N2O4. The lowest BCUT2D eigenvalue weighted by Gasteiger charge is -2.19. The first-order chi connectivity index (χ1) is 10.1. The van der Waals surface area contributed by atoms with Crippen LogP contribution in [0, 0.1) is 0 Å². The topological polar surface area (TPSA) is 78.9 Å². The second-order valence-electron chi connectivity index (χ2n) is 5.09. The van der Waals surface area contributed by atoms with Gasteiger partial charge in [0.1, 0.15) is 5.75 Å². The second kappa shape index (κ2) is 7.08. The molecule has 0 unspecified atom stereocenters. The van der Waals surface area contributed by atoms with Gasteiger partial charge in [0.25, 0.3) is 0 Å². The van der Waals surface area contributed by atoms with Gasteiger partial charge in [0.2, 0.25) is 5.91 Å². The molecule has 0 saturated heterocycles. The van der Waals surface area contributed by atoms with E-state index in [-0.39, 0.29) is 18.9 Å². The lowest BCUT2D eigenvalue weighted by Crippen LogP contribution is -2.34. The van der Waals surface area contributed by atoms with Gasteiger partial charge >= 0.3 is 5.97 Å². The molecular weight excluding hydrogens is 272 g/mol. The maximum absolute atomic E-state index is 12.0. The lowest BCUT2D eigenvalue weighted by atomic mass is 10.2. The zero-order valence-electron chi connectivity index (χ0n) is 12.0. The molecule has 2 N–H and O–H groups in total. The molecule has 0 radical (unpaired) electrons. The third-order valence-electron chi connectivity index (χ3n) is 3.41. The van der Waals surface area contributed by atoms with Crippen molar-refractivity contribution < 1.29 is 19.4 Å². The Kier molecular flexibility index (Phi) is 5.16. The third-order valence-corrected chi connectivity index (χ3v) is 3.41. The van der Waals surface area contributed by atoms with Crippen LogP contribution in [0.1, 0.15) is 19.3 Å². The van der Waals surface area contributed by atoms with Crippen LogP contribution in [0.25, 0.3) is 0 Å². The SMILES string of the molecule is COc1ccccc1NC(=O)CCN(CC(=O)O)C1CC1. The maximum Gasteiger partial charge on any atom is 0.317 e. The third kappa shape index (κ3) is 4.75. The standard InChI is InChI=1S/C15H20N2O4/c1-21-13-5-3-2-4-12(13)16-14(18)8-9-17(10-15(19)20)11-6-7-11/h2-5,11H,6-10H2,1H3,(H,16,18)(H,19,20). The summed E-state index contributed by atoms with van der Waals surface area (Å²) >= 11 is 0. The highest BCUT2D eigenvalue weighted by molar-refractivity contribution is 5.92. The number of benzene rings is 1. The molecule has 1 amide bonds. The summed E-state index contributed by atoms with van der Waals surface area (Å²) in [6, 6.07) is 7.51. The van der Waals surface area contributed by atoms with E-state index in [1.165, 1.54) is 0 Å². The van der Waals surface area contributed by atoms with E-state index in [4.69, 9.17) is 9.84 Å². The quantitative estimate of drug-likeness (QED) is 0.760. The number of nitrogens with one attached hydrogen (secondary N) is 1. The number of methoxy groups -OCH3 is 1. The molecule has 0 heterocycles. The summed E-state index contributed by atoms with van der Waals surface area (Å²) in [6.07, 6.45) is 2.30. The Balaban J connectivity index is 1.85. The highest BCUT2D eigenvalue weighted by atomic mass is 16.5. The Bertz CT molecular complexity index is 514. The molecule has 114 valence electrons.